The van der Waals surface area contributed by atoms with Crippen molar-refractivity contribution in [1.29, 1.82) is 0 Å². The molecule has 15 heteroatoms. The minimum Gasteiger partial charge on any atom is -0.480 e. The van der Waals surface area contributed by atoms with Gasteiger partial charge in [0.1, 0.15) is 20.4 Å². The molecule has 0 spiro atoms. The molecular formula is C24H19N3O7S5. The molecule has 2 aromatic carbocycles. The van der Waals surface area contributed by atoms with Crippen LogP contribution in [-0.4, -0.2) is 56.2 Å². The summed E-state index contributed by atoms with van der Waals surface area (Å²) in [5, 5.41) is 11.3. The number of benzene rings is 2. The quantitative estimate of drug-likeness (QED) is 0.310. The maximum absolute atomic E-state index is 13.2. The Balaban J connectivity index is 1.63. The number of anilines is 1. The third-order valence-corrected chi connectivity index (χ3v) is 10.3. The summed E-state index contributed by atoms with van der Waals surface area (Å²) in [6.45, 7) is 1.44. The summed E-state index contributed by atoms with van der Waals surface area (Å²) < 4.78 is 35.7. The lowest BCUT2D eigenvalue weighted by atomic mass is 10.1. The van der Waals surface area contributed by atoms with Crippen LogP contribution in [0.4, 0.5) is 5.69 Å². The lowest BCUT2D eigenvalue weighted by molar-refractivity contribution is -0.140. The summed E-state index contributed by atoms with van der Waals surface area (Å²) in [7, 11) is -4.39. The molecule has 10 nitrogen and oxygen atoms in total. The number of thiazole rings is 1. The molecule has 3 aromatic rings. The van der Waals surface area contributed by atoms with Crippen LogP contribution in [0.25, 0.3) is 21.8 Å². The summed E-state index contributed by atoms with van der Waals surface area (Å²) in [6.07, 6.45) is 3.16. The van der Waals surface area contributed by atoms with E-state index in [0.717, 1.165) is 43.7 Å². The number of carboxylic acid groups (broad SMARTS) is 1. The number of aliphatic carboxylic acids is 1. The molecule has 0 atom stereocenters. The number of thiocarbonyl (C=S) groups is 1. The van der Waals surface area contributed by atoms with Crippen molar-refractivity contribution in [3.63, 3.8) is 0 Å². The van der Waals surface area contributed by atoms with Gasteiger partial charge in [0.15, 0.2) is 5.88 Å². The fourth-order valence-electron chi connectivity index (χ4n) is 4.22. The van der Waals surface area contributed by atoms with Gasteiger partial charge in [-0.15, -0.1) is 11.3 Å². The number of nitrogens with zero attached hydrogens (tertiary/aromatic N) is 3. The molecule has 0 bridgehead atoms. The van der Waals surface area contributed by atoms with Crippen molar-refractivity contribution in [2.75, 3.05) is 17.3 Å². The van der Waals surface area contributed by atoms with Crippen molar-refractivity contribution in [3.8, 4) is 0 Å². The van der Waals surface area contributed by atoms with Crippen molar-refractivity contribution in [1.82, 2.24) is 9.47 Å². The zero-order chi connectivity index (χ0) is 28.1. The number of carboxylic acids is 1. The number of rotatable bonds is 6. The summed E-state index contributed by atoms with van der Waals surface area (Å²) in [6, 6.07) is 11.3. The normalized spacial score (nSPS) is 18.6. The maximum Gasteiger partial charge on any atom is 0.323 e. The van der Waals surface area contributed by atoms with E-state index in [0.29, 0.717) is 15.4 Å². The van der Waals surface area contributed by atoms with Crippen molar-refractivity contribution in [2.24, 2.45) is 0 Å². The topological polar surface area (TPSA) is 137 Å². The van der Waals surface area contributed by atoms with Crippen LogP contribution in [0.3, 0.4) is 0 Å². The van der Waals surface area contributed by atoms with E-state index in [1.807, 2.05) is 36.4 Å². The lowest BCUT2D eigenvalue weighted by Gasteiger charge is -2.19. The first-order chi connectivity index (χ1) is 18.5. The van der Waals surface area contributed by atoms with Gasteiger partial charge in [0.05, 0.1) is 15.2 Å². The summed E-state index contributed by atoms with van der Waals surface area (Å²) in [5.74, 6) is -2.45. The van der Waals surface area contributed by atoms with Crippen molar-refractivity contribution in [3.05, 3.63) is 67.1 Å². The SMILES string of the molecule is CCn1c(=O)/c(=C\C=C2/Sc3ccc4ccccc4c3N2CS(=O)(=O)O)s/c1=C1\SC(=S)N(CC(=O)O)C1=O. The minimum atomic E-state index is -4.39. The number of hydrogen-bond donors (Lipinski definition) is 2. The average Bonchev–Trinajstić information content (AvgIpc) is 3.48. The van der Waals surface area contributed by atoms with Crippen LogP contribution in [-0.2, 0) is 26.3 Å². The van der Waals surface area contributed by atoms with Gasteiger partial charge < -0.3 is 10.0 Å². The smallest absolute Gasteiger partial charge is 0.323 e. The zero-order valence-corrected chi connectivity index (χ0v) is 24.1. The first-order valence-electron chi connectivity index (χ1n) is 11.3. The highest BCUT2D eigenvalue weighted by atomic mass is 32.2. The maximum atomic E-state index is 13.2. The van der Waals surface area contributed by atoms with Gasteiger partial charge in [-0.2, -0.15) is 8.42 Å². The Kier molecular flexibility index (Phi) is 7.47. The molecule has 1 fully saturated rings. The van der Waals surface area contributed by atoms with Crippen LogP contribution in [0.15, 0.2) is 57.2 Å². The Morgan fingerprint density at radius 3 is 2.51 bits per heavy atom. The molecule has 0 radical (unpaired) electrons. The summed E-state index contributed by atoms with van der Waals surface area (Å²) >= 11 is 8.50. The molecule has 2 aliphatic rings. The minimum absolute atomic E-state index is 0.0988. The van der Waals surface area contributed by atoms with Crippen LogP contribution >= 0.6 is 47.1 Å². The predicted octanol–water partition coefficient (Wildman–Crippen LogP) is 2.22. The van der Waals surface area contributed by atoms with Gasteiger partial charge in [0, 0.05) is 16.8 Å². The van der Waals surface area contributed by atoms with Crippen LogP contribution in [0.2, 0.25) is 0 Å². The van der Waals surface area contributed by atoms with E-state index in [1.54, 1.807) is 19.1 Å². The summed E-state index contributed by atoms with van der Waals surface area (Å²) in [4.78, 5) is 40.7. The zero-order valence-electron chi connectivity index (χ0n) is 20.1. The van der Waals surface area contributed by atoms with E-state index in [2.05, 4.69) is 0 Å². The molecule has 2 N–H and O–H groups in total. The van der Waals surface area contributed by atoms with Gasteiger partial charge in [0.2, 0.25) is 0 Å². The molecule has 3 heterocycles. The van der Waals surface area contributed by atoms with Crippen LogP contribution < -0.4 is 19.7 Å². The molecule has 39 heavy (non-hydrogen) atoms. The van der Waals surface area contributed by atoms with Crippen molar-refractivity contribution >= 4 is 101 Å². The van der Waals surface area contributed by atoms with E-state index in [1.165, 1.54) is 21.2 Å². The van der Waals surface area contributed by atoms with E-state index in [4.69, 9.17) is 17.3 Å². The Morgan fingerprint density at radius 2 is 1.82 bits per heavy atom. The third-order valence-electron chi connectivity index (χ3n) is 5.84. The number of hydrogen-bond acceptors (Lipinski definition) is 10. The molecule has 1 amide bonds. The van der Waals surface area contributed by atoms with Gasteiger partial charge in [-0.1, -0.05) is 66.1 Å². The first-order valence-corrected chi connectivity index (χ1v) is 15.8. The number of carbonyl (C=O) groups excluding carboxylic acids is 1. The second-order valence-corrected chi connectivity index (χ2v) is 13.5. The summed E-state index contributed by atoms with van der Waals surface area (Å²) in [5.41, 5.74) is 0.286. The van der Waals surface area contributed by atoms with Crippen LogP contribution in [0, 0.1) is 0 Å². The highest BCUT2D eigenvalue weighted by Crippen LogP contribution is 2.49. The predicted molar refractivity (Wildman–Crippen MR) is 158 cm³/mol. The van der Waals surface area contributed by atoms with E-state index < -0.39 is 34.4 Å². The van der Waals surface area contributed by atoms with Crippen molar-refractivity contribution in [2.45, 2.75) is 18.4 Å². The lowest BCUT2D eigenvalue weighted by Crippen LogP contribution is -2.35. The average molecular weight is 622 g/mol. The highest BCUT2D eigenvalue weighted by Gasteiger charge is 2.35. The van der Waals surface area contributed by atoms with Gasteiger partial charge in [0.25, 0.3) is 21.6 Å². The van der Waals surface area contributed by atoms with Crippen LogP contribution in [0.5, 0.6) is 0 Å². The first kappa shape index (κ1) is 27.6. The van der Waals surface area contributed by atoms with E-state index in [-0.39, 0.29) is 25.9 Å². The fourth-order valence-corrected chi connectivity index (χ4v) is 8.50. The number of carbonyl (C=O) groups is 2. The highest BCUT2D eigenvalue weighted by molar-refractivity contribution is 8.30. The number of fused-ring (bicyclic) bond motifs is 3. The number of aromatic nitrogens is 1. The molecule has 2 aliphatic heterocycles. The molecule has 0 unspecified atom stereocenters. The van der Waals surface area contributed by atoms with Gasteiger partial charge in [-0.05, 0) is 30.5 Å². The van der Waals surface area contributed by atoms with Gasteiger partial charge in [-0.3, -0.25) is 28.4 Å². The molecular weight excluding hydrogens is 603 g/mol. The van der Waals surface area contributed by atoms with Crippen LogP contribution in [0.1, 0.15) is 6.92 Å². The van der Waals surface area contributed by atoms with E-state index >= 15 is 0 Å². The number of thioether (sulfide) groups is 2. The Bertz CT molecular complexity index is 1890. The van der Waals surface area contributed by atoms with Gasteiger partial charge in [-0.25, -0.2) is 0 Å². The molecule has 202 valence electrons. The largest absolute Gasteiger partial charge is 0.480 e. The standard InChI is InChI=1S/C24H19N3O7S5/c1-2-25-21(30)16(37-23(25)20-22(31)26(11-18(28)29)24(35)38-20)9-10-17-27(12-39(32,33)34)19-14-6-4-3-5-13(14)7-8-15(19)36-17/h3-10H,2,11-12H2,1H3,(H,28,29)(H,32,33,34)/b16-9+,17-10-,23-20-. The second kappa shape index (κ2) is 10.6. The molecule has 5 rings (SSSR count). The number of allylic oxidation sites excluding steroid dienone is 1. The Labute approximate surface area is 239 Å². The molecule has 0 saturated carbocycles. The number of amides is 1. The third kappa shape index (κ3) is 5.29. The molecule has 1 aromatic heterocycles. The van der Waals surface area contributed by atoms with E-state index in [9.17, 15) is 27.4 Å². The van der Waals surface area contributed by atoms with Gasteiger partial charge >= 0.3 is 5.97 Å². The molecule has 1 saturated heterocycles. The Hall–Kier alpha value is -2.95. The Morgan fingerprint density at radius 1 is 1.08 bits per heavy atom. The monoisotopic (exact) mass is 621 g/mol. The van der Waals surface area contributed by atoms with Crippen molar-refractivity contribution < 1.29 is 27.7 Å². The molecule has 0 aliphatic carbocycles. The fraction of sp³-hybridized carbons (Fsp3) is 0.167. The second-order valence-electron chi connectivity index (χ2n) is 8.35.